The number of hydrogen-bond donors (Lipinski definition) is 2. The van der Waals surface area contributed by atoms with Crippen LogP contribution in [0.15, 0.2) is 24.3 Å². The van der Waals surface area contributed by atoms with Crippen molar-refractivity contribution >= 4 is 11.6 Å². The summed E-state index contributed by atoms with van der Waals surface area (Å²) >= 11 is 6.00. The normalized spacial score (nSPS) is 22.4. The lowest BCUT2D eigenvalue weighted by atomic mass is 9.99. The number of halogens is 1. The lowest BCUT2D eigenvalue weighted by Gasteiger charge is -2.25. The lowest BCUT2D eigenvalue weighted by molar-refractivity contribution is 0.348. The van der Waals surface area contributed by atoms with E-state index >= 15 is 0 Å². The molecular formula is C14H21ClN2. The minimum absolute atomic E-state index is 0.371. The van der Waals surface area contributed by atoms with Gasteiger partial charge in [-0.3, -0.25) is 0 Å². The molecule has 1 aromatic carbocycles. The van der Waals surface area contributed by atoms with Crippen LogP contribution in [0.2, 0.25) is 5.02 Å². The molecule has 3 heteroatoms. The van der Waals surface area contributed by atoms with Gasteiger partial charge in [0.1, 0.15) is 0 Å². The highest BCUT2D eigenvalue weighted by atomic mass is 35.5. The van der Waals surface area contributed by atoms with Gasteiger partial charge < -0.3 is 10.6 Å². The zero-order valence-electron chi connectivity index (χ0n) is 10.4. The molecule has 2 N–H and O–H groups in total. The molecule has 2 atom stereocenters. The molecule has 1 aromatic rings. The summed E-state index contributed by atoms with van der Waals surface area (Å²) in [6.07, 6.45) is 2.64. The van der Waals surface area contributed by atoms with E-state index in [2.05, 4.69) is 23.6 Å². The first-order valence-corrected chi connectivity index (χ1v) is 6.83. The molecule has 1 heterocycles. The van der Waals surface area contributed by atoms with Crippen molar-refractivity contribution in [3.63, 3.8) is 0 Å². The van der Waals surface area contributed by atoms with Crippen molar-refractivity contribution in [2.45, 2.75) is 25.8 Å². The predicted molar refractivity (Wildman–Crippen MR) is 73.5 cm³/mol. The minimum Gasteiger partial charge on any atom is -0.316 e. The van der Waals surface area contributed by atoms with Crippen LogP contribution in [0.3, 0.4) is 0 Å². The van der Waals surface area contributed by atoms with Crippen molar-refractivity contribution in [1.82, 2.24) is 10.6 Å². The Kier molecular flexibility index (Phi) is 4.84. The van der Waals surface area contributed by atoms with Crippen molar-refractivity contribution in [1.29, 1.82) is 0 Å². The van der Waals surface area contributed by atoms with Gasteiger partial charge in [-0.1, -0.05) is 23.7 Å². The van der Waals surface area contributed by atoms with Crippen molar-refractivity contribution < 1.29 is 0 Å². The average Bonchev–Trinajstić information content (AvgIpc) is 2.37. The van der Waals surface area contributed by atoms with Crippen LogP contribution in [0.1, 0.15) is 31.4 Å². The third kappa shape index (κ3) is 3.98. The lowest BCUT2D eigenvalue weighted by Crippen LogP contribution is -2.36. The molecule has 0 unspecified atom stereocenters. The molecule has 94 valence electrons. The number of rotatable bonds is 4. The van der Waals surface area contributed by atoms with E-state index < -0.39 is 0 Å². The summed E-state index contributed by atoms with van der Waals surface area (Å²) < 4.78 is 0. The van der Waals surface area contributed by atoms with Crippen LogP contribution in [0.25, 0.3) is 0 Å². The van der Waals surface area contributed by atoms with Crippen molar-refractivity contribution in [2.75, 3.05) is 19.6 Å². The maximum absolute atomic E-state index is 6.00. The van der Waals surface area contributed by atoms with E-state index in [1.807, 2.05) is 18.2 Å². The predicted octanol–water partition coefficient (Wildman–Crippen LogP) is 2.99. The topological polar surface area (TPSA) is 24.1 Å². The Morgan fingerprint density at radius 3 is 3.12 bits per heavy atom. The zero-order chi connectivity index (χ0) is 12.1. The SMILES string of the molecule is C[C@@H](NC[C@H]1CCCNC1)c1cccc(Cl)c1. The van der Waals surface area contributed by atoms with E-state index in [9.17, 15) is 0 Å². The van der Waals surface area contributed by atoms with Gasteiger partial charge in [0.25, 0.3) is 0 Å². The van der Waals surface area contributed by atoms with Crippen LogP contribution in [-0.2, 0) is 0 Å². The fraction of sp³-hybridized carbons (Fsp3) is 0.571. The molecule has 1 fully saturated rings. The quantitative estimate of drug-likeness (QED) is 0.861. The Bertz CT molecular complexity index is 348. The largest absolute Gasteiger partial charge is 0.316 e. The van der Waals surface area contributed by atoms with Gasteiger partial charge in [-0.15, -0.1) is 0 Å². The molecule has 17 heavy (non-hydrogen) atoms. The highest BCUT2D eigenvalue weighted by molar-refractivity contribution is 6.30. The molecule has 0 aliphatic carbocycles. The summed E-state index contributed by atoms with van der Waals surface area (Å²) in [5, 5.41) is 7.86. The first-order chi connectivity index (χ1) is 8.25. The second-order valence-electron chi connectivity index (χ2n) is 4.90. The third-order valence-electron chi connectivity index (χ3n) is 3.46. The van der Waals surface area contributed by atoms with Crippen LogP contribution in [0.4, 0.5) is 0 Å². The summed E-state index contributed by atoms with van der Waals surface area (Å²) in [7, 11) is 0. The van der Waals surface area contributed by atoms with Crippen LogP contribution >= 0.6 is 11.6 Å². The first kappa shape index (κ1) is 12.9. The van der Waals surface area contributed by atoms with Gasteiger partial charge in [0, 0.05) is 11.1 Å². The highest BCUT2D eigenvalue weighted by Gasteiger charge is 2.14. The van der Waals surface area contributed by atoms with E-state index in [1.54, 1.807) is 0 Å². The monoisotopic (exact) mass is 252 g/mol. The second-order valence-corrected chi connectivity index (χ2v) is 5.33. The Morgan fingerprint density at radius 2 is 2.41 bits per heavy atom. The molecule has 0 saturated carbocycles. The molecule has 0 radical (unpaired) electrons. The molecule has 2 rings (SSSR count). The van der Waals surface area contributed by atoms with Gasteiger partial charge in [-0.2, -0.15) is 0 Å². The summed E-state index contributed by atoms with van der Waals surface area (Å²) in [5.41, 5.74) is 1.27. The van der Waals surface area contributed by atoms with Gasteiger partial charge in [-0.05, 0) is 63.0 Å². The Labute approximate surface area is 109 Å². The maximum Gasteiger partial charge on any atom is 0.0409 e. The van der Waals surface area contributed by atoms with Gasteiger partial charge in [0.15, 0.2) is 0 Å². The fourth-order valence-corrected chi connectivity index (χ4v) is 2.53. The van der Waals surface area contributed by atoms with E-state index in [1.165, 1.54) is 24.9 Å². The van der Waals surface area contributed by atoms with Gasteiger partial charge in [0.05, 0.1) is 0 Å². The Morgan fingerprint density at radius 1 is 1.53 bits per heavy atom. The molecule has 1 saturated heterocycles. The first-order valence-electron chi connectivity index (χ1n) is 6.45. The number of hydrogen-bond acceptors (Lipinski definition) is 2. The third-order valence-corrected chi connectivity index (χ3v) is 3.70. The zero-order valence-corrected chi connectivity index (χ0v) is 11.1. The molecule has 1 aliphatic rings. The molecule has 1 aliphatic heterocycles. The summed E-state index contributed by atoms with van der Waals surface area (Å²) in [4.78, 5) is 0. The van der Waals surface area contributed by atoms with E-state index in [4.69, 9.17) is 11.6 Å². The highest BCUT2D eigenvalue weighted by Crippen LogP contribution is 2.18. The smallest absolute Gasteiger partial charge is 0.0409 e. The van der Waals surface area contributed by atoms with E-state index in [-0.39, 0.29) is 0 Å². The van der Waals surface area contributed by atoms with Gasteiger partial charge in [-0.25, -0.2) is 0 Å². The molecular weight excluding hydrogens is 232 g/mol. The van der Waals surface area contributed by atoms with E-state index in [0.717, 1.165) is 24.0 Å². The number of benzene rings is 1. The minimum atomic E-state index is 0.371. The van der Waals surface area contributed by atoms with Crippen LogP contribution in [0.5, 0.6) is 0 Å². The van der Waals surface area contributed by atoms with Crippen LogP contribution in [0, 0.1) is 5.92 Å². The van der Waals surface area contributed by atoms with Crippen LogP contribution in [-0.4, -0.2) is 19.6 Å². The summed E-state index contributed by atoms with van der Waals surface area (Å²) in [6.45, 7) is 5.61. The maximum atomic E-state index is 6.00. The fourth-order valence-electron chi connectivity index (χ4n) is 2.34. The van der Waals surface area contributed by atoms with Crippen LogP contribution < -0.4 is 10.6 Å². The van der Waals surface area contributed by atoms with Gasteiger partial charge >= 0.3 is 0 Å². The van der Waals surface area contributed by atoms with Crippen molar-refractivity contribution in [3.05, 3.63) is 34.9 Å². The van der Waals surface area contributed by atoms with Crippen molar-refractivity contribution in [3.8, 4) is 0 Å². The number of nitrogens with one attached hydrogen (secondary N) is 2. The second kappa shape index (κ2) is 6.39. The Hall–Kier alpha value is -0.570. The molecule has 2 nitrogen and oxygen atoms in total. The molecule has 0 aromatic heterocycles. The summed E-state index contributed by atoms with van der Waals surface area (Å²) in [6, 6.07) is 8.47. The average molecular weight is 253 g/mol. The standard InChI is InChI=1S/C14H21ClN2/c1-11(13-5-2-6-14(15)8-13)17-10-12-4-3-7-16-9-12/h2,5-6,8,11-12,16-17H,3-4,7,9-10H2,1H3/t11-,12+/m1/s1. The van der Waals surface area contributed by atoms with E-state index in [0.29, 0.717) is 6.04 Å². The molecule has 0 amide bonds. The van der Waals surface area contributed by atoms with Crippen molar-refractivity contribution in [2.24, 2.45) is 5.92 Å². The molecule has 0 bridgehead atoms. The Balaban J connectivity index is 1.82. The number of piperidine rings is 1. The van der Waals surface area contributed by atoms with Gasteiger partial charge in [0.2, 0.25) is 0 Å². The molecule has 0 spiro atoms. The summed E-state index contributed by atoms with van der Waals surface area (Å²) in [5.74, 6) is 0.769.